The van der Waals surface area contributed by atoms with E-state index in [-0.39, 0.29) is 0 Å². The van der Waals surface area contributed by atoms with Gasteiger partial charge in [0.25, 0.3) is 0 Å². The topological polar surface area (TPSA) is 93.7 Å². The quantitative estimate of drug-likeness (QED) is 0.525. The molecule has 0 aliphatic rings. The molecule has 0 aromatic carbocycles. The Bertz CT molecular complexity index is 520. The highest BCUT2D eigenvalue weighted by Crippen LogP contribution is 2.09. The van der Waals surface area contributed by atoms with E-state index >= 15 is 0 Å². The molecule has 0 aliphatic carbocycles. The number of nitrogens with zero attached hydrogens (tertiary/aromatic N) is 4. The molecule has 0 amide bonds. The summed E-state index contributed by atoms with van der Waals surface area (Å²) >= 11 is 0. The molecule has 2 aromatic rings. The molecule has 96 valence electrons. The lowest BCUT2D eigenvalue weighted by atomic mass is 10.3. The predicted molar refractivity (Wildman–Crippen MR) is 70.0 cm³/mol. The third-order valence-electron chi connectivity index (χ3n) is 2.44. The van der Waals surface area contributed by atoms with Gasteiger partial charge in [0.2, 0.25) is 0 Å². The van der Waals surface area contributed by atoms with Crippen LogP contribution in [0.5, 0.6) is 0 Å². The van der Waals surface area contributed by atoms with E-state index in [1.165, 1.54) is 0 Å². The fourth-order valence-corrected chi connectivity index (χ4v) is 1.65. The molecule has 0 aliphatic heterocycles. The van der Waals surface area contributed by atoms with E-state index in [0.717, 1.165) is 24.5 Å². The Balaban J connectivity index is 1.91. The second kappa shape index (κ2) is 5.46. The van der Waals surface area contributed by atoms with Gasteiger partial charge in [-0.25, -0.2) is 15.8 Å². The fraction of sp³-hybridized carbons (Fsp3) is 0.364. The maximum atomic E-state index is 5.33. The van der Waals surface area contributed by atoms with Crippen molar-refractivity contribution in [2.75, 3.05) is 17.3 Å². The molecular weight excluding hydrogens is 230 g/mol. The zero-order valence-corrected chi connectivity index (χ0v) is 10.5. The molecule has 0 fully saturated rings. The molecule has 2 aromatic heterocycles. The van der Waals surface area contributed by atoms with E-state index in [4.69, 9.17) is 5.84 Å². The smallest absolute Gasteiger partial charge is 0.145 e. The summed E-state index contributed by atoms with van der Waals surface area (Å²) in [6.07, 6.45) is 2.77. The normalized spacial score (nSPS) is 10.4. The van der Waals surface area contributed by atoms with Crippen LogP contribution in [-0.4, -0.2) is 26.3 Å². The molecular formula is C11H17N7. The summed E-state index contributed by atoms with van der Waals surface area (Å²) in [4.78, 5) is 8.39. The maximum Gasteiger partial charge on any atom is 0.145 e. The van der Waals surface area contributed by atoms with Crippen molar-refractivity contribution in [3.8, 4) is 0 Å². The van der Waals surface area contributed by atoms with Gasteiger partial charge in [0.15, 0.2) is 0 Å². The molecule has 0 saturated heterocycles. The summed E-state index contributed by atoms with van der Waals surface area (Å²) in [6, 6.07) is 3.77. The van der Waals surface area contributed by atoms with Crippen LogP contribution >= 0.6 is 0 Å². The highest BCUT2D eigenvalue weighted by atomic mass is 15.3. The summed E-state index contributed by atoms with van der Waals surface area (Å²) in [5.74, 6) is 7.36. The van der Waals surface area contributed by atoms with Crippen molar-refractivity contribution < 1.29 is 0 Å². The molecule has 0 radical (unpaired) electrons. The molecule has 0 atom stereocenters. The van der Waals surface area contributed by atoms with Crippen LogP contribution in [0.15, 0.2) is 18.3 Å². The SMILES string of the molecule is Cc1nc(NN)cc(NCCc2ccn(C)n2)n1. The number of nitrogen functional groups attached to an aromatic ring is 1. The van der Waals surface area contributed by atoms with Gasteiger partial charge < -0.3 is 10.7 Å². The Morgan fingerprint density at radius 1 is 1.33 bits per heavy atom. The Morgan fingerprint density at radius 2 is 2.11 bits per heavy atom. The Morgan fingerprint density at radius 3 is 2.78 bits per heavy atom. The van der Waals surface area contributed by atoms with Gasteiger partial charge in [-0.15, -0.1) is 0 Å². The molecule has 7 nitrogen and oxygen atoms in total. The molecule has 0 saturated carbocycles. The summed E-state index contributed by atoms with van der Waals surface area (Å²) < 4.78 is 1.79. The number of nitrogens with one attached hydrogen (secondary N) is 2. The monoisotopic (exact) mass is 247 g/mol. The summed E-state index contributed by atoms with van der Waals surface area (Å²) in [7, 11) is 1.91. The molecule has 0 spiro atoms. The lowest BCUT2D eigenvalue weighted by Gasteiger charge is -2.07. The van der Waals surface area contributed by atoms with E-state index in [1.807, 2.05) is 26.2 Å². The average Bonchev–Trinajstić information content (AvgIpc) is 2.74. The molecule has 4 N–H and O–H groups in total. The minimum Gasteiger partial charge on any atom is -0.370 e. The minimum atomic E-state index is 0.600. The second-order valence-corrected chi connectivity index (χ2v) is 3.99. The van der Waals surface area contributed by atoms with Gasteiger partial charge >= 0.3 is 0 Å². The van der Waals surface area contributed by atoms with Crippen molar-refractivity contribution in [3.05, 3.63) is 29.8 Å². The number of hydrogen-bond donors (Lipinski definition) is 3. The van der Waals surface area contributed by atoms with Crippen LogP contribution in [0, 0.1) is 6.92 Å². The minimum absolute atomic E-state index is 0.600. The zero-order chi connectivity index (χ0) is 13.0. The predicted octanol–water partition coefficient (Wildman–Crippen LogP) is 0.459. The van der Waals surface area contributed by atoms with Gasteiger partial charge in [0, 0.05) is 32.3 Å². The summed E-state index contributed by atoms with van der Waals surface area (Å²) in [5, 5.41) is 7.53. The van der Waals surface area contributed by atoms with Crippen LogP contribution < -0.4 is 16.6 Å². The molecule has 2 rings (SSSR count). The van der Waals surface area contributed by atoms with Crippen molar-refractivity contribution in [1.82, 2.24) is 19.7 Å². The summed E-state index contributed by atoms with van der Waals surface area (Å²) in [5.41, 5.74) is 3.56. The number of nitrogens with two attached hydrogens (primary N) is 1. The number of anilines is 2. The van der Waals surface area contributed by atoms with Crippen molar-refractivity contribution in [1.29, 1.82) is 0 Å². The molecule has 0 unspecified atom stereocenters. The van der Waals surface area contributed by atoms with Gasteiger partial charge in [-0.1, -0.05) is 0 Å². The number of aryl methyl sites for hydroxylation is 2. The Hall–Kier alpha value is -2.15. The van der Waals surface area contributed by atoms with Crippen molar-refractivity contribution in [2.24, 2.45) is 12.9 Å². The standard InChI is InChI=1S/C11H17N7/c1-8-14-10(7-11(15-8)16-12)13-5-3-9-4-6-18(2)17-9/h4,6-7H,3,5,12H2,1-2H3,(H2,13,14,15,16). The van der Waals surface area contributed by atoms with Crippen LogP contribution in [-0.2, 0) is 13.5 Å². The van der Waals surface area contributed by atoms with Crippen LogP contribution in [0.3, 0.4) is 0 Å². The Labute approximate surface area is 105 Å². The van der Waals surface area contributed by atoms with E-state index in [9.17, 15) is 0 Å². The first-order chi connectivity index (χ1) is 8.67. The first-order valence-corrected chi connectivity index (χ1v) is 5.72. The van der Waals surface area contributed by atoms with Crippen LogP contribution in [0.2, 0.25) is 0 Å². The van der Waals surface area contributed by atoms with E-state index in [2.05, 4.69) is 25.8 Å². The maximum absolute atomic E-state index is 5.33. The van der Waals surface area contributed by atoms with Gasteiger partial charge in [0.05, 0.1) is 5.69 Å². The number of aromatic nitrogens is 4. The first kappa shape index (κ1) is 12.3. The lowest BCUT2D eigenvalue weighted by Crippen LogP contribution is -2.12. The van der Waals surface area contributed by atoms with Gasteiger partial charge in [-0.2, -0.15) is 5.10 Å². The van der Waals surface area contributed by atoms with E-state index < -0.39 is 0 Å². The van der Waals surface area contributed by atoms with Crippen molar-refractivity contribution in [2.45, 2.75) is 13.3 Å². The molecule has 0 bridgehead atoms. The molecule has 2 heterocycles. The third kappa shape index (κ3) is 3.17. The first-order valence-electron chi connectivity index (χ1n) is 5.72. The highest BCUT2D eigenvalue weighted by Gasteiger charge is 2.01. The number of rotatable bonds is 5. The van der Waals surface area contributed by atoms with E-state index in [1.54, 1.807) is 10.7 Å². The molecule has 18 heavy (non-hydrogen) atoms. The summed E-state index contributed by atoms with van der Waals surface area (Å²) in [6.45, 7) is 2.59. The number of hydrogen-bond acceptors (Lipinski definition) is 6. The fourth-order valence-electron chi connectivity index (χ4n) is 1.65. The molecule has 7 heteroatoms. The van der Waals surface area contributed by atoms with Crippen LogP contribution in [0.4, 0.5) is 11.6 Å². The largest absolute Gasteiger partial charge is 0.370 e. The van der Waals surface area contributed by atoms with Gasteiger partial charge in [-0.05, 0) is 13.0 Å². The second-order valence-electron chi connectivity index (χ2n) is 3.99. The lowest BCUT2D eigenvalue weighted by molar-refractivity contribution is 0.742. The van der Waals surface area contributed by atoms with Crippen molar-refractivity contribution in [3.63, 3.8) is 0 Å². The van der Waals surface area contributed by atoms with Gasteiger partial charge in [0.1, 0.15) is 17.5 Å². The van der Waals surface area contributed by atoms with Crippen LogP contribution in [0.25, 0.3) is 0 Å². The van der Waals surface area contributed by atoms with E-state index in [0.29, 0.717) is 11.6 Å². The van der Waals surface area contributed by atoms with Crippen molar-refractivity contribution >= 4 is 11.6 Å². The third-order valence-corrected chi connectivity index (χ3v) is 2.44. The Kier molecular flexibility index (Phi) is 3.73. The average molecular weight is 247 g/mol. The highest BCUT2D eigenvalue weighted by molar-refractivity contribution is 5.46. The van der Waals surface area contributed by atoms with Crippen LogP contribution in [0.1, 0.15) is 11.5 Å². The zero-order valence-electron chi connectivity index (χ0n) is 10.5. The van der Waals surface area contributed by atoms with Gasteiger partial charge in [-0.3, -0.25) is 4.68 Å². The number of hydrazine groups is 1.